The Bertz CT molecular complexity index is 391. The SMILES string of the molecule is COC[C@@]1(C)COCC(COc2ccc(Br)cc2)O1. The largest absolute Gasteiger partial charge is 0.491 e. The molecule has 0 saturated carbocycles. The Morgan fingerprint density at radius 3 is 2.79 bits per heavy atom. The lowest BCUT2D eigenvalue weighted by atomic mass is 10.1. The van der Waals surface area contributed by atoms with E-state index in [0.29, 0.717) is 26.4 Å². The van der Waals surface area contributed by atoms with E-state index in [9.17, 15) is 0 Å². The zero-order chi connectivity index (χ0) is 13.7. The van der Waals surface area contributed by atoms with Crippen molar-refractivity contribution in [1.29, 1.82) is 0 Å². The summed E-state index contributed by atoms with van der Waals surface area (Å²) in [7, 11) is 1.66. The van der Waals surface area contributed by atoms with Crippen LogP contribution in [-0.2, 0) is 14.2 Å². The van der Waals surface area contributed by atoms with E-state index in [1.807, 2.05) is 31.2 Å². The molecule has 1 heterocycles. The Morgan fingerprint density at radius 2 is 2.11 bits per heavy atom. The van der Waals surface area contributed by atoms with Crippen LogP contribution in [0.4, 0.5) is 0 Å². The highest BCUT2D eigenvalue weighted by Crippen LogP contribution is 2.21. The number of ether oxygens (including phenoxy) is 4. The van der Waals surface area contributed by atoms with Gasteiger partial charge in [-0.2, -0.15) is 0 Å². The molecule has 0 aliphatic carbocycles. The van der Waals surface area contributed by atoms with E-state index in [-0.39, 0.29) is 11.7 Å². The summed E-state index contributed by atoms with van der Waals surface area (Å²) in [5, 5.41) is 0. The number of halogens is 1. The molecule has 0 N–H and O–H groups in total. The number of hydrogen-bond acceptors (Lipinski definition) is 4. The summed E-state index contributed by atoms with van der Waals surface area (Å²) < 4.78 is 23.4. The van der Waals surface area contributed by atoms with E-state index in [0.717, 1.165) is 10.2 Å². The first kappa shape index (κ1) is 14.8. The average Bonchev–Trinajstić information content (AvgIpc) is 2.38. The summed E-state index contributed by atoms with van der Waals surface area (Å²) in [6, 6.07) is 7.73. The van der Waals surface area contributed by atoms with Gasteiger partial charge in [-0.05, 0) is 31.2 Å². The summed E-state index contributed by atoms with van der Waals surface area (Å²) in [6.45, 7) is 4.08. The third-order valence-corrected chi connectivity index (χ3v) is 3.39. The van der Waals surface area contributed by atoms with Crippen LogP contribution < -0.4 is 4.74 Å². The first-order valence-corrected chi connectivity index (χ1v) is 7.03. The van der Waals surface area contributed by atoms with Crippen molar-refractivity contribution in [2.75, 3.05) is 33.5 Å². The first-order chi connectivity index (χ1) is 9.11. The molecule has 19 heavy (non-hydrogen) atoms. The standard InChI is InChI=1S/C14H19BrO4/c1-14(9-16-2)10-17-7-13(19-14)8-18-12-5-3-11(15)4-6-12/h3-6,13H,7-10H2,1-2H3/t13?,14-/m0/s1. The molecule has 0 bridgehead atoms. The predicted molar refractivity (Wildman–Crippen MR) is 75.6 cm³/mol. The van der Waals surface area contributed by atoms with Crippen LogP contribution in [-0.4, -0.2) is 45.2 Å². The number of benzene rings is 1. The molecule has 106 valence electrons. The zero-order valence-corrected chi connectivity index (χ0v) is 12.8. The Morgan fingerprint density at radius 1 is 1.37 bits per heavy atom. The van der Waals surface area contributed by atoms with Crippen molar-refractivity contribution in [1.82, 2.24) is 0 Å². The normalized spacial score (nSPS) is 27.2. The Balaban J connectivity index is 1.84. The van der Waals surface area contributed by atoms with Gasteiger partial charge in [-0.15, -0.1) is 0 Å². The predicted octanol–water partition coefficient (Wildman–Crippen LogP) is 2.65. The summed E-state index contributed by atoms with van der Waals surface area (Å²) in [5.41, 5.74) is -0.388. The maximum absolute atomic E-state index is 5.98. The van der Waals surface area contributed by atoms with Gasteiger partial charge in [0, 0.05) is 11.6 Å². The molecule has 4 nitrogen and oxygen atoms in total. The van der Waals surface area contributed by atoms with Crippen LogP contribution in [0.15, 0.2) is 28.7 Å². The highest BCUT2D eigenvalue weighted by atomic mass is 79.9. The van der Waals surface area contributed by atoms with Crippen LogP contribution in [0.2, 0.25) is 0 Å². The molecule has 1 aliphatic rings. The highest BCUT2D eigenvalue weighted by Gasteiger charge is 2.34. The van der Waals surface area contributed by atoms with Crippen molar-refractivity contribution in [3.63, 3.8) is 0 Å². The number of methoxy groups -OCH3 is 1. The van der Waals surface area contributed by atoms with Crippen LogP contribution >= 0.6 is 15.9 Å². The van der Waals surface area contributed by atoms with Gasteiger partial charge in [0.05, 0.1) is 19.8 Å². The number of hydrogen-bond donors (Lipinski definition) is 0. The molecule has 1 fully saturated rings. The van der Waals surface area contributed by atoms with Gasteiger partial charge < -0.3 is 18.9 Å². The van der Waals surface area contributed by atoms with Gasteiger partial charge in [0.1, 0.15) is 24.1 Å². The Labute approximate surface area is 122 Å². The van der Waals surface area contributed by atoms with Gasteiger partial charge in [-0.3, -0.25) is 0 Å². The quantitative estimate of drug-likeness (QED) is 0.831. The Hall–Kier alpha value is -0.620. The molecule has 0 amide bonds. The lowest BCUT2D eigenvalue weighted by molar-refractivity contribution is -0.213. The van der Waals surface area contributed by atoms with Crippen LogP contribution in [0.25, 0.3) is 0 Å². The van der Waals surface area contributed by atoms with Gasteiger partial charge in [0.15, 0.2) is 0 Å². The molecule has 1 saturated heterocycles. The maximum Gasteiger partial charge on any atom is 0.119 e. The summed E-state index contributed by atoms with van der Waals surface area (Å²) in [5.74, 6) is 0.825. The topological polar surface area (TPSA) is 36.9 Å². The third-order valence-electron chi connectivity index (χ3n) is 2.86. The van der Waals surface area contributed by atoms with E-state index in [4.69, 9.17) is 18.9 Å². The fourth-order valence-electron chi connectivity index (χ4n) is 2.06. The smallest absolute Gasteiger partial charge is 0.119 e. The molecule has 2 atom stereocenters. The lowest BCUT2D eigenvalue weighted by Gasteiger charge is -2.37. The molecule has 5 heteroatoms. The van der Waals surface area contributed by atoms with Gasteiger partial charge in [-0.1, -0.05) is 15.9 Å². The average molecular weight is 331 g/mol. The molecule has 0 spiro atoms. The molecule has 1 unspecified atom stereocenters. The third kappa shape index (κ3) is 4.45. The van der Waals surface area contributed by atoms with E-state index >= 15 is 0 Å². The Kier molecular flexibility index (Phi) is 5.21. The van der Waals surface area contributed by atoms with Crippen molar-refractivity contribution in [2.24, 2.45) is 0 Å². The lowest BCUT2D eigenvalue weighted by Crippen LogP contribution is -2.50. The minimum absolute atomic E-state index is 0.0717. The summed E-state index contributed by atoms with van der Waals surface area (Å²) in [4.78, 5) is 0. The zero-order valence-electron chi connectivity index (χ0n) is 11.2. The van der Waals surface area contributed by atoms with Crippen molar-refractivity contribution < 1.29 is 18.9 Å². The van der Waals surface area contributed by atoms with E-state index < -0.39 is 0 Å². The molecule has 1 aromatic carbocycles. The number of rotatable bonds is 5. The molecule has 0 aromatic heterocycles. The second-order valence-corrected chi connectivity index (χ2v) is 5.82. The van der Waals surface area contributed by atoms with Crippen LogP contribution in [0, 0.1) is 0 Å². The van der Waals surface area contributed by atoms with E-state index in [1.54, 1.807) is 7.11 Å². The minimum Gasteiger partial charge on any atom is -0.491 e. The molecule has 2 rings (SSSR count). The maximum atomic E-state index is 5.98. The first-order valence-electron chi connectivity index (χ1n) is 6.24. The van der Waals surface area contributed by atoms with Gasteiger partial charge in [0.2, 0.25) is 0 Å². The molecular weight excluding hydrogens is 312 g/mol. The van der Waals surface area contributed by atoms with Crippen molar-refractivity contribution >= 4 is 15.9 Å². The molecule has 0 radical (unpaired) electrons. The van der Waals surface area contributed by atoms with Crippen molar-refractivity contribution in [3.8, 4) is 5.75 Å². The van der Waals surface area contributed by atoms with Crippen molar-refractivity contribution in [3.05, 3.63) is 28.7 Å². The minimum atomic E-state index is -0.388. The fourth-order valence-corrected chi connectivity index (χ4v) is 2.32. The monoisotopic (exact) mass is 330 g/mol. The molecule has 1 aliphatic heterocycles. The van der Waals surface area contributed by atoms with E-state index in [1.165, 1.54) is 0 Å². The van der Waals surface area contributed by atoms with Crippen molar-refractivity contribution in [2.45, 2.75) is 18.6 Å². The second kappa shape index (κ2) is 6.70. The van der Waals surface area contributed by atoms with Gasteiger partial charge >= 0.3 is 0 Å². The van der Waals surface area contributed by atoms with Crippen LogP contribution in [0.5, 0.6) is 5.75 Å². The summed E-state index contributed by atoms with van der Waals surface area (Å²) in [6.07, 6.45) is -0.0717. The van der Waals surface area contributed by atoms with Gasteiger partial charge in [0.25, 0.3) is 0 Å². The fraction of sp³-hybridized carbons (Fsp3) is 0.571. The van der Waals surface area contributed by atoms with E-state index in [2.05, 4.69) is 15.9 Å². The van der Waals surface area contributed by atoms with Crippen LogP contribution in [0.1, 0.15) is 6.92 Å². The molecule has 1 aromatic rings. The second-order valence-electron chi connectivity index (χ2n) is 4.90. The van der Waals surface area contributed by atoms with Crippen LogP contribution in [0.3, 0.4) is 0 Å². The van der Waals surface area contributed by atoms with Gasteiger partial charge in [-0.25, -0.2) is 0 Å². The highest BCUT2D eigenvalue weighted by molar-refractivity contribution is 9.10. The molecular formula is C14H19BrO4. The summed E-state index contributed by atoms with van der Waals surface area (Å²) >= 11 is 3.39.